The van der Waals surface area contributed by atoms with Crippen LogP contribution in [0.3, 0.4) is 0 Å². The van der Waals surface area contributed by atoms with Crippen molar-refractivity contribution in [3.8, 4) is 0 Å². The standard InChI is InChI=1S/C15H14.C2H6/c1-3-4-7-13-10-11-14-8-5-6-9-15(14)12(13)2;1-2/h3-11H,1H2,2H3;1-2H3/b7-4-;. The summed E-state index contributed by atoms with van der Waals surface area (Å²) in [5.74, 6) is 0. The molecule has 2 aromatic carbocycles. The molecule has 0 aliphatic carbocycles. The molecule has 0 unspecified atom stereocenters. The topological polar surface area (TPSA) is 0 Å². The number of allylic oxidation sites excluding steroid dienone is 2. The van der Waals surface area contributed by atoms with E-state index < -0.39 is 0 Å². The van der Waals surface area contributed by atoms with Gasteiger partial charge in [-0.25, -0.2) is 0 Å². The van der Waals surface area contributed by atoms with Crippen LogP contribution in [-0.2, 0) is 0 Å². The van der Waals surface area contributed by atoms with Gasteiger partial charge < -0.3 is 0 Å². The van der Waals surface area contributed by atoms with Crippen molar-refractivity contribution in [1.82, 2.24) is 0 Å². The zero-order valence-corrected chi connectivity index (χ0v) is 10.9. The van der Waals surface area contributed by atoms with E-state index in [9.17, 15) is 0 Å². The quantitative estimate of drug-likeness (QED) is 0.601. The van der Waals surface area contributed by atoms with Gasteiger partial charge in [0.25, 0.3) is 0 Å². The van der Waals surface area contributed by atoms with Crippen LogP contribution in [0.2, 0.25) is 0 Å². The smallest absolute Gasteiger partial charge is 0.0149 e. The number of aryl methyl sites for hydroxylation is 1. The van der Waals surface area contributed by atoms with Crippen molar-refractivity contribution in [2.24, 2.45) is 0 Å². The Bertz CT molecular complexity index is 519. The Kier molecular flexibility index (Phi) is 5.22. The molecule has 0 bridgehead atoms. The number of hydrogen-bond donors (Lipinski definition) is 0. The SMILES string of the molecule is C=C/C=C\c1ccc2ccccc2c1C.CC. The van der Waals surface area contributed by atoms with E-state index in [1.54, 1.807) is 6.08 Å². The molecule has 0 saturated heterocycles. The van der Waals surface area contributed by atoms with Gasteiger partial charge in [0.05, 0.1) is 0 Å². The van der Waals surface area contributed by atoms with Gasteiger partial charge in [-0.1, -0.05) is 75.1 Å². The lowest BCUT2D eigenvalue weighted by atomic mass is 10.00. The van der Waals surface area contributed by atoms with E-state index in [1.165, 1.54) is 21.9 Å². The zero-order valence-electron chi connectivity index (χ0n) is 10.9. The van der Waals surface area contributed by atoms with Crippen LogP contribution in [0, 0.1) is 6.92 Å². The largest absolute Gasteiger partial charge is 0.0991 e. The molecule has 17 heavy (non-hydrogen) atoms. The Balaban J connectivity index is 0.000000686. The third-order valence-electron chi connectivity index (χ3n) is 2.65. The highest BCUT2D eigenvalue weighted by atomic mass is 14.0. The molecule has 0 fully saturated rings. The summed E-state index contributed by atoms with van der Waals surface area (Å²) < 4.78 is 0. The molecular formula is C17H20. The minimum Gasteiger partial charge on any atom is -0.0991 e. The van der Waals surface area contributed by atoms with E-state index in [-0.39, 0.29) is 0 Å². The lowest BCUT2D eigenvalue weighted by molar-refractivity contribution is 1.50. The molecule has 88 valence electrons. The van der Waals surface area contributed by atoms with Crippen molar-refractivity contribution in [3.05, 3.63) is 66.3 Å². The second-order valence-corrected chi connectivity index (χ2v) is 3.60. The van der Waals surface area contributed by atoms with Gasteiger partial charge in [-0.15, -0.1) is 0 Å². The Morgan fingerprint density at radius 2 is 1.71 bits per heavy atom. The summed E-state index contributed by atoms with van der Waals surface area (Å²) >= 11 is 0. The van der Waals surface area contributed by atoms with E-state index in [1.807, 2.05) is 19.9 Å². The molecule has 0 aliphatic rings. The average molecular weight is 224 g/mol. The molecule has 0 heterocycles. The van der Waals surface area contributed by atoms with E-state index in [0.717, 1.165) is 0 Å². The fourth-order valence-corrected chi connectivity index (χ4v) is 1.80. The van der Waals surface area contributed by atoms with Crippen LogP contribution in [-0.4, -0.2) is 0 Å². The van der Waals surface area contributed by atoms with Crippen molar-refractivity contribution in [1.29, 1.82) is 0 Å². The number of rotatable bonds is 2. The maximum atomic E-state index is 3.68. The van der Waals surface area contributed by atoms with Gasteiger partial charge in [0.2, 0.25) is 0 Å². The normalized spacial score (nSPS) is 10.1. The number of fused-ring (bicyclic) bond motifs is 1. The van der Waals surface area contributed by atoms with Crippen molar-refractivity contribution in [2.45, 2.75) is 20.8 Å². The number of benzene rings is 2. The summed E-state index contributed by atoms with van der Waals surface area (Å²) in [6.45, 7) is 9.84. The van der Waals surface area contributed by atoms with Gasteiger partial charge in [-0.3, -0.25) is 0 Å². The molecule has 0 radical (unpaired) electrons. The maximum absolute atomic E-state index is 3.68. The summed E-state index contributed by atoms with van der Waals surface area (Å²) in [4.78, 5) is 0. The molecule has 0 spiro atoms. The van der Waals surface area contributed by atoms with Gasteiger partial charge in [0.1, 0.15) is 0 Å². The highest BCUT2D eigenvalue weighted by Gasteiger charge is 1.99. The highest BCUT2D eigenvalue weighted by molar-refractivity contribution is 5.88. The Labute approximate surface area is 104 Å². The molecular weight excluding hydrogens is 204 g/mol. The van der Waals surface area contributed by atoms with Crippen LogP contribution in [0.1, 0.15) is 25.0 Å². The first-order chi connectivity index (χ1) is 8.33. The fourth-order valence-electron chi connectivity index (χ4n) is 1.80. The Morgan fingerprint density at radius 3 is 2.41 bits per heavy atom. The number of hydrogen-bond acceptors (Lipinski definition) is 0. The first-order valence-electron chi connectivity index (χ1n) is 6.10. The van der Waals surface area contributed by atoms with E-state index in [0.29, 0.717) is 0 Å². The lowest BCUT2D eigenvalue weighted by Gasteiger charge is -2.05. The minimum absolute atomic E-state index is 1.26. The first-order valence-corrected chi connectivity index (χ1v) is 6.10. The summed E-state index contributed by atoms with van der Waals surface area (Å²) in [6.07, 6.45) is 5.86. The van der Waals surface area contributed by atoms with Crippen LogP contribution in [0.15, 0.2) is 55.1 Å². The van der Waals surface area contributed by atoms with Gasteiger partial charge in [-0.2, -0.15) is 0 Å². The Morgan fingerprint density at radius 1 is 1.00 bits per heavy atom. The van der Waals surface area contributed by atoms with E-state index >= 15 is 0 Å². The van der Waals surface area contributed by atoms with Crippen molar-refractivity contribution in [3.63, 3.8) is 0 Å². The van der Waals surface area contributed by atoms with Crippen molar-refractivity contribution in [2.75, 3.05) is 0 Å². The maximum Gasteiger partial charge on any atom is -0.0149 e. The second kappa shape index (κ2) is 6.70. The van der Waals surface area contributed by atoms with Crippen LogP contribution in [0.4, 0.5) is 0 Å². The van der Waals surface area contributed by atoms with Crippen LogP contribution < -0.4 is 0 Å². The van der Waals surface area contributed by atoms with Crippen molar-refractivity contribution < 1.29 is 0 Å². The third kappa shape index (κ3) is 3.07. The summed E-state index contributed by atoms with van der Waals surface area (Å²) in [6, 6.07) is 12.8. The third-order valence-corrected chi connectivity index (χ3v) is 2.65. The molecule has 0 heteroatoms. The van der Waals surface area contributed by atoms with Gasteiger partial charge in [0, 0.05) is 0 Å². The molecule has 0 N–H and O–H groups in total. The summed E-state index contributed by atoms with van der Waals surface area (Å²) in [5.41, 5.74) is 2.58. The van der Waals surface area contributed by atoms with E-state index in [4.69, 9.17) is 0 Å². The fraction of sp³-hybridized carbons (Fsp3) is 0.176. The minimum atomic E-state index is 1.26. The molecule has 0 saturated carbocycles. The molecule has 0 aromatic heterocycles. The monoisotopic (exact) mass is 224 g/mol. The molecule has 0 amide bonds. The van der Waals surface area contributed by atoms with Crippen LogP contribution in [0.5, 0.6) is 0 Å². The molecule has 2 rings (SSSR count). The molecule has 0 nitrogen and oxygen atoms in total. The van der Waals surface area contributed by atoms with Crippen LogP contribution >= 0.6 is 0 Å². The molecule has 2 aromatic rings. The average Bonchev–Trinajstić information content (AvgIpc) is 2.41. The van der Waals surface area contributed by atoms with Crippen LogP contribution in [0.25, 0.3) is 16.8 Å². The predicted octanol–water partition coefficient (Wildman–Crippen LogP) is 5.37. The van der Waals surface area contributed by atoms with Crippen molar-refractivity contribution >= 4 is 16.8 Å². The molecule has 0 atom stereocenters. The van der Waals surface area contributed by atoms with Gasteiger partial charge in [-0.05, 0) is 28.8 Å². The van der Waals surface area contributed by atoms with Gasteiger partial charge >= 0.3 is 0 Å². The molecule has 0 aliphatic heterocycles. The van der Waals surface area contributed by atoms with E-state index in [2.05, 4.69) is 56.0 Å². The second-order valence-electron chi connectivity index (χ2n) is 3.60. The highest BCUT2D eigenvalue weighted by Crippen LogP contribution is 2.22. The first kappa shape index (κ1) is 13.2. The Hall–Kier alpha value is -1.82. The zero-order chi connectivity index (χ0) is 12.7. The summed E-state index contributed by atoms with van der Waals surface area (Å²) in [5, 5.41) is 2.62. The lowest BCUT2D eigenvalue weighted by Crippen LogP contribution is -1.83. The summed E-state index contributed by atoms with van der Waals surface area (Å²) in [7, 11) is 0. The predicted molar refractivity (Wildman–Crippen MR) is 79.3 cm³/mol. The van der Waals surface area contributed by atoms with Gasteiger partial charge in [0.15, 0.2) is 0 Å².